The van der Waals surface area contributed by atoms with Crippen molar-refractivity contribution in [2.45, 2.75) is 31.7 Å². The van der Waals surface area contributed by atoms with Crippen molar-refractivity contribution < 1.29 is 17.9 Å². The minimum atomic E-state index is -4.26. The van der Waals surface area contributed by atoms with Crippen LogP contribution in [0.5, 0.6) is 0 Å². The first-order valence-corrected chi connectivity index (χ1v) is 3.76. The van der Waals surface area contributed by atoms with Gasteiger partial charge in [0.1, 0.15) is 0 Å². The second kappa shape index (κ2) is 2.88. The number of alkyl halides is 3. The number of hydrogen-bond donors (Lipinski definition) is 1. The number of halogens is 3. The van der Waals surface area contributed by atoms with Gasteiger partial charge in [-0.05, 0) is 13.8 Å². The molecule has 1 saturated heterocycles. The summed E-state index contributed by atoms with van der Waals surface area (Å²) in [5.41, 5.74) is -0.724. The van der Waals surface area contributed by atoms with Crippen molar-refractivity contribution >= 4 is 0 Å². The lowest BCUT2D eigenvalue weighted by Crippen LogP contribution is -2.55. The molecule has 0 spiro atoms. The van der Waals surface area contributed by atoms with Crippen molar-refractivity contribution in [2.24, 2.45) is 0 Å². The lowest BCUT2D eigenvalue weighted by Gasteiger charge is -2.37. The quantitative estimate of drug-likeness (QED) is 0.611. The summed E-state index contributed by atoms with van der Waals surface area (Å²) < 4.78 is 41.2. The van der Waals surface area contributed by atoms with Crippen LogP contribution in [0.2, 0.25) is 0 Å². The molecule has 2 nitrogen and oxygen atoms in total. The molecule has 1 atom stereocenters. The molecule has 0 radical (unpaired) electrons. The van der Waals surface area contributed by atoms with Crippen LogP contribution in [0.3, 0.4) is 0 Å². The molecular formula is C7H12F3NO. The fraction of sp³-hybridized carbons (Fsp3) is 1.00. The van der Waals surface area contributed by atoms with E-state index in [2.05, 4.69) is 5.32 Å². The predicted octanol–water partition coefficient (Wildman–Crippen LogP) is 1.32. The highest BCUT2D eigenvalue weighted by atomic mass is 19.4. The number of ether oxygens (including phenoxy) is 1. The van der Waals surface area contributed by atoms with E-state index < -0.39 is 17.9 Å². The molecule has 0 unspecified atom stereocenters. The standard InChI is InChI=1S/C7H12F3NO/c1-6(2)4-11-3-5(12-6)7(8,9)10/h5,11H,3-4H2,1-2H3/t5-/m0/s1. The molecule has 1 rings (SSSR count). The maximum Gasteiger partial charge on any atom is 0.415 e. The Morgan fingerprint density at radius 2 is 2.00 bits per heavy atom. The number of morpholine rings is 1. The summed E-state index contributed by atoms with van der Waals surface area (Å²) in [6.07, 6.45) is -5.92. The predicted molar refractivity (Wildman–Crippen MR) is 37.9 cm³/mol. The highest BCUT2D eigenvalue weighted by molar-refractivity contribution is 4.84. The Kier molecular flexibility index (Phi) is 2.35. The Labute approximate surface area is 69.1 Å². The van der Waals surface area contributed by atoms with Crippen LogP contribution in [0.25, 0.3) is 0 Å². The van der Waals surface area contributed by atoms with E-state index in [-0.39, 0.29) is 6.54 Å². The molecule has 0 amide bonds. The van der Waals surface area contributed by atoms with Gasteiger partial charge in [0.2, 0.25) is 0 Å². The zero-order valence-electron chi connectivity index (χ0n) is 7.03. The summed E-state index contributed by atoms with van der Waals surface area (Å²) in [6, 6.07) is 0. The van der Waals surface area contributed by atoms with Gasteiger partial charge >= 0.3 is 6.18 Å². The number of rotatable bonds is 0. The summed E-state index contributed by atoms with van der Waals surface area (Å²) in [5.74, 6) is 0. The van der Waals surface area contributed by atoms with Crippen molar-refractivity contribution in [1.82, 2.24) is 5.32 Å². The fourth-order valence-electron chi connectivity index (χ4n) is 1.16. The Morgan fingerprint density at radius 1 is 1.42 bits per heavy atom. The van der Waals surface area contributed by atoms with Crippen LogP contribution < -0.4 is 5.32 Å². The van der Waals surface area contributed by atoms with Crippen LogP contribution in [0.4, 0.5) is 13.2 Å². The minimum Gasteiger partial charge on any atom is -0.360 e. The molecule has 0 aromatic rings. The molecule has 12 heavy (non-hydrogen) atoms. The van der Waals surface area contributed by atoms with Gasteiger partial charge < -0.3 is 10.1 Å². The maximum absolute atomic E-state index is 12.1. The molecule has 5 heteroatoms. The second-order valence-electron chi connectivity index (χ2n) is 3.54. The summed E-state index contributed by atoms with van der Waals surface area (Å²) >= 11 is 0. The van der Waals surface area contributed by atoms with Crippen LogP contribution in [-0.4, -0.2) is 31.0 Å². The van der Waals surface area contributed by atoms with E-state index in [9.17, 15) is 13.2 Å². The Hall–Kier alpha value is -0.290. The summed E-state index contributed by atoms with van der Waals surface area (Å²) in [4.78, 5) is 0. The average Bonchev–Trinajstić information content (AvgIpc) is 1.83. The molecular weight excluding hydrogens is 171 g/mol. The third-order valence-electron chi connectivity index (χ3n) is 1.71. The highest BCUT2D eigenvalue weighted by Crippen LogP contribution is 2.28. The van der Waals surface area contributed by atoms with Gasteiger partial charge in [0.15, 0.2) is 6.10 Å². The van der Waals surface area contributed by atoms with Gasteiger partial charge in [0.25, 0.3) is 0 Å². The molecule has 72 valence electrons. The molecule has 1 aliphatic rings. The van der Waals surface area contributed by atoms with E-state index >= 15 is 0 Å². The van der Waals surface area contributed by atoms with Crippen LogP contribution in [0.15, 0.2) is 0 Å². The van der Waals surface area contributed by atoms with Gasteiger partial charge in [-0.25, -0.2) is 0 Å². The normalized spacial score (nSPS) is 30.2. The molecule has 1 fully saturated rings. The van der Waals surface area contributed by atoms with Crippen molar-refractivity contribution in [3.05, 3.63) is 0 Å². The number of hydrogen-bond acceptors (Lipinski definition) is 2. The summed E-state index contributed by atoms with van der Waals surface area (Å²) in [6.45, 7) is 3.59. The van der Waals surface area contributed by atoms with Gasteiger partial charge in [-0.2, -0.15) is 13.2 Å². The van der Waals surface area contributed by atoms with Crippen molar-refractivity contribution in [3.63, 3.8) is 0 Å². The molecule has 1 N–H and O–H groups in total. The monoisotopic (exact) mass is 183 g/mol. The first kappa shape index (κ1) is 9.80. The smallest absolute Gasteiger partial charge is 0.360 e. The van der Waals surface area contributed by atoms with Gasteiger partial charge in [0.05, 0.1) is 5.60 Å². The highest BCUT2D eigenvalue weighted by Gasteiger charge is 2.45. The fourth-order valence-corrected chi connectivity index (χ4v) is 1.16. The first-order chi connectivity index (χ1) is 5.31. The van der Waals surface area contributed by atoms with E-state index in [0.717, 1.165) is 0 Å². The van der Waals surface area contributed by atoms with Gasteiger partial charge in [-0.15, -0.1) is 0 Å². The van der Waals surface area contributed by atoms with Crippen molar-refractivity contribution in [1.29, 1.82) is 0 Å². The molecule has 0 bridgehead atoms. The molecule has 0 saturated carbocycles. The van der Waals surface area contributed by atoms with Crippen LogP contribution in [0.1, 0.15) is 13.8 Å². The summed E-state index contributed by atoms with van der Waals surface area (Å²) in [5, 5.41) is 2.69. The van der Waals surface area contributed by atoms with Crippen LogP contribution >= 0.6 is 0 Å². The van der Waals surface area contributed by atoms with Crippen molar-refractivity contribution in [2.75, 3.05) is 13.1 Å². The lowest BCUT2D eigenvalue weighted by atomic mass is 10.1. The molecule has 1 heterocycles. The van der Waals surface area contributed by atoms with E-state index in [1.807, 2.05) is 0 Å². The lowest BCUT2D eigenvalue weighted by molar-refractivity contribution is -0.256. The third-order valence-corrected chi connectivity index (χ3v) is 1.71. The Balaban J connectivity index is 2.58. The SMILES string of the molecule is CC1(C)CNC[C@@H](C(F)(F)F)O1. The zero-order valence-corrected chi connectivity index (χ0v) is 7.03. The first-order valence-electron chi connectivity index (χ1n) is 3.76. The molecule has 0 aromatic carbocycles. The maximum atomic E-state index is 12.1. The summed E-state index contributed by atoms with van der Waals surface area (Å²) in [7, 11) is 0. The number of nitrogens with one attached hydrogen (secondary N) is 1. The average molecular weight is 183 g/mol. The third kappa shape index (κ3) is 2.35. The molecule has 0 aliphatic carbocycles. The molecule has 0 aromatic heterocycles. The van der Waals surface area contributed by atoms with Gasteiger partial charge in [0, 0.05) is 13.1 Å². The Bertz CT molecular complexity index is 163. The topological polar surface area (TPSA) is 21.3 Å². The van der Waals surface area contributed by atoms with Gasteiger partial charge in [-0.1, -0.05) is 0 Å². The van der Waals surface area contributed by atoms with E-state index in [0.29, 0.717) is 6.54 Å². The zero-order chi connectivity index (χ0) is 9.41. The molecule has 1 aliphatic heterocycles. The Morgan fingerprint density at radius 3 is 2.33 bits per heavy atom. The van der Waals surface area contributed by atoms with Crippen molar-refractivity contribution in [3.8, 4) is 0 Å². The minimum absolute atomic E-state index is 0.146. The largest absolute Gasteiger partial charge is 0.415 e. The van der Waals surface area contributed by atoms with Crippen LogP contribution in [0, 0.1) is 0 Å². The van der Waals surface area contributed by atoms with E-state index in [1.54, 1.807) is 13.8 Å². The van der Waals surface area contributed by atoms with E-state index in [4.69, 9.17) is 4.74 Å². The van der Waals surface area contributed by atoms with E-state index in [1.165, 1.54) is 0 Å². The van der Waals surface area contributed by atoms with Gasteiger partial charge in [-0.3, -0.25) is 0 Å². The van der Waals surface area contributed by atoms with Crippen LogP contribution in [-0.2, 0) is 4.74 Å². The second-order valence-corrected chi connectivity index (χ2v) is 3.54.